The zero-order valence-corrected chi connectivity index (χ0v) is 16.9. The van der Waals surface area contributed by atoms with Crippen LogP contribution in [0.5, 0.6) is 5.75 Å². The van der Waals surface area contributed by atoms with E-state index in [-0.39, 0.29) is 5.91 Å². The lowest BCUT2D eigenvalue weighted by molar-refractivity contribution is 0.0956. The van der Waals surface area contributed by atoms with Gasteiger partial charge in [0.15, 0.2) is 0 Å². The van der Waals surface area contributed by atoms with Gasteiger partial charge in [0.25, 0.3) is 5.91 Å². The summed E-state index contributed by atoms with van der Waals surface area (Å²) >= 11 is 6.35. The van der Waals surface area contributed by atoms with Crippen molar-refractivity contribution in [3.05, 3.63) is 95.0 Å². The number of aromatic nitrogens is 1. The summed E-state index contributed by atoms with van der Waals surface area (Å²) < 4.78 is 5.30. The van der Waals surface area contributed by atoms with Crippen LogP contribution >= 0.6 is 11.6 Å². The van der Waals surface area contributed by atoms with Crippen LogP contribution in [-0.4, -0.2) is 24.2 Å². The molecule has 6 heteroatoms. The van der Waals surface area contributed by atoms with Crippen LogP contribution in [0.1, 0.15) is 15.9 Å². The first-order chi connectivity index (χ1) is 14.7. The van der Waals surface area contributed by atoms with Crippen molar-refractivity contribution >= 4 is 34.6 Å². The zero-order chi connectivity index (χ0) is 20.9. The Labute approximate surface area is 179 Å². The number of hydrogen-bond acceptors (Lipinski definition) is 4. The van der Waals surface area contributed by atoms with Gasteiger partial charge >= 0.3 is 0 Å². The molecule has 1 aromatic heterocycles. The number of methoxy groups -OCH3 is 1. The van der Waals surface area contributed by atoms with Crippen LogP contribution in [-0.2, 0) is 0 Å². The molecule has 0 aliphatic heterocycles. The van der Waals surface area contributed by atoms with Gasteiger partial charge in [0, 0.05) is 21.5 Å². The quantitative estimate of drug-likeness (QED) is 0.354. The lowest BCUT2D eigenvalue weighted by Gasteiger charge is -2.10. The van der Waals surface area contributed by atoms with Crippen molar-refractivity contribution in [1.82, 2.24) is 10.4 Å². The van der Waals surface area contributed by atoms with Gasteiger partial charge in [0.1, 0.15) is 5.75 Å². The molecule has 1 amide bonds. The Morgan fingerprint density at radius 2 is 1.77 bits per heavy atom. The molecule has 0 fully saturated rings. The molecule has 1 heterocycles. The number of carbonyl (C=O) groups excluding carboxylic acids is 1. The number of nitrogens with one attached hydrogen (secondary N) is 1. The Morgan fingerprint density at radius 3 is 2.60 bits per heavy atom. The van der Waals surface area contributed by atoms with E-state index in [1.165, 1.54) is 0 Å². The van der Waals surface area contributed by atoms with Crippen LogP contribution < -0.4 is 10.2 Å². The number of para-hydroxylation sites is 2. The topological polar surface area (TPSA) is 63.6 Å². The number of carbonyl (C=O) groups is 1. The second-order valence-electron chi connectivity index (χ2n) is 6.49. The van der Waals surface area contributed by atoms with Crippen LogP contribution in [0.2, 0.25) is 5.02 Å². The maximum atomic E-state index is 13.0. The summed E-state index contributed by atoms with van der Waals surface area (Å²) in [5, 5.41) is 5.41. The maximum Gasteiger partial charge on any atom is 0.272 e. The first-order valence-corrected chi connectivity index (χ1v) is 9.66. The molecule has 0 spiro atoms. The summed E-state index contributed by atoms with van der Waals surface area (Å²) in [7, 11) is 1.59. The van der Waals surface area contributed by atoms with Gasteiger partial charge in [-0.2, -0.15) is 5.10 Å². The molecule has 0 saturated heterocycles. The van der Waals surface area contributed by atoms with E-state index in [0.29, 0.717) is 27.5 Å². The van der Waals surface area contributed by atoms with E-state index in [4.69, 9.17) is 16.3 Å². The predicted molar refractivity (Wildman–Crippen MR) is 120 cm³/mol. The molecule has 0 aliphatic carbocycles. The standard InChI is InChI=1S/C24H18ClN3O2/c1-30-23-13-7-2-8-16(23)15-26-28-24(29)19-14-22(18-10-3-5-11-20(18)25)27-21-12-6-4-9-17(19)21/h2-15H,1H3,(H,28,29)/b26-15+. The summed E-state index contributed by atoms with van der Waals surface area (Å²) in [6, 6.07) is 24.0. The van der Waals surface area contributed by atoms with E-state index in [2.05, 4.69) is 15.5 Å². The molecule has 4 aromatic rings. The molecule has 148 valence electrons. The highest BCUT2D eigenvalue weighted by atomic mass is 35.5. The molecule has 1 N–H and O–H groups in total. The number of pyridine rings is 1. The van der Waals surface area contributed by atoms with Gasteiger partial charge in [-0.25, -0.2) is 10.4 Å². The highest BCUT2D eigenvalue weighted by molar-refractivity contribution is 6.33. The van der Waals surface area contributed by atoms with Gasteiger partial charge in [-0.05, 0) is 30.3 Å². The van der Waals surface area contributed by atoms with Crippen molar-refractivity contribution < 1.29 is 9.53 Å². The van der Waals surface area contributed by atoms with Gasteiger partial charge in [0.05, 0.1) is 30.1 Å². The Morgan fingerprint density at radius 1 is 1.03 bits per heavy atom. The van der Waals surface area contributed by atoms with Crippen LogP contribution in [0.15, 0.2) is 84.0 Å². The summed E-state index contributed by atoms with van der Waals surface area (Å²) in [5.74, 6) is 0.332. The SMILES string of the molecule is COc1ccccc1/C=N/NC(=O)c1cc(-c2ccccc2Cl)nc2ccccc12. The number of ether oxygens (including phenoxy) is 1. The minimum Gasteiger partial charge on any atom is -0.496 e. The molecule has 0 radical (unpaired) electrons. The summed E-state index contributed by atoms with van der Waals surface area (Å²) in [5.41, 5.74) is 5.91. The fraction of sp³-hybridized carbons (Fsp3) is 0.0417. The van der Waals surface area contributed by atoms with Crippen LogP contribution in [0.3, 0.4) is 0 Å². The number of rotatable bonds is 5. The van der Waals surface area contributed by atoms with Crippen LogP contribution in [0.25, 0.3) is 22.2 Å². The molecule has 4 rings (SSSR count). The number of nitrogens with zero attached hydrogens (tertiary/aromatic N) is 2. The van der Waals surface area contributed by atoms with Crippen molar-refractivity contribution in [3.63, 3.8) is 0 Å². The third kappa shape index (κ3) is 4.02. The van der Waals surface area contributed by atoms with Crippen molar-refractivity contribution in [3.8, 4) is 17.0 Å². The van der Waals surface area contributed by atoms with E-state index in [9.17, 15) is 4.79 Å². The highest BCUT2D eigenvalue weighted by Gasteiger charge is 2.14. The molecule has 0 unspecified atom stereocenters. The third-order valence-corrected chi connectivity index (χ3v) is 4.95. The number of fused-ring (bicyclic) bond motifs is 1. The molecule has 0 aliphatic rings. The third-order valence-electron chi connectivity index (χ3n) is 4.62. The first kappa shape index (κ1) is 19.6. The summed E-state index contributed by atoms with van der Waals surface area (Å²) in [6.07, 6.45) is 1.55. The van der Waals surface area contributed by atoms with Crippen LogP contribution in [0, 0.1) is 0 Å². The minimum atomic E-state index is -0.340. The Bertz CT molecular complexity index is 1250. The molecule has 0 saturated carbocycles. The lowest BCUT2D eigenvalue weighted by atomic mass is 10.0. The van der Waals surface area contributed by atoms with Crippen molar-refractivity contribution in [2.45, 2.75) is 0 Å². The molecular weight excluding hydrogens is 398 g/mol. The molecule has 3 aromatic carbocycles. The van der Waals surface area contributed by atoms with E-state index in [1.807, 2.05) is 66.7 Å². The fourth-order valence-electron chi connectivity index (χ4n) is 3.16. The molecule has 30 heavy (non-hydrogen) atoms. The zero-order valence-electron chi connectivity index (χ0n) is 16.2. The fourth-order valence-corrected chi connectivity index (χ4v) is 3.40. The molecule has 5 nitrogen and oxygen atoms in total. The average Bonchev–Trinajstić information content (AvgIpc) is 2.79. The number of benzene rings is 3. The summed E-state index contributed by atoms with van der Waals surface area (Å²) in [6.45, 7) is 0. The summed E-state index contributed by atoms with van der Waals surface area (Å²) in [4.78, 5) is 17.6. The van der Waals surface area contributed by atoms with Crippen molar-refractivity contribution in [2.24, 2.45) is 5.10 Å². The van der Waals surface area contributed by atoms with Gasteiger partial charge in [0.2, 0.25) is 0 Å². The normalized spacial score (nSPS) is 11.0. The Hall–Kier alpha value is -3.70. The Kier molecular flexibility index (Phi) is 5.72. The number of hydrogen-bond donors (Lipinski definition) is 1. The van der Waals surface area contributed by atoms with Crippen molar-refractivity contribution in [1.29, 1.82) is 0 Å². The maximum absolute atomic E-state index is 13.0. The lowest BCUT2D eigenvalue weighted by Crippen LogP contribution is -2.18. The van der Waals surface area contributed by atoms with Gasteiger partial charge < -0.3 is 4.74 Å². The number of hydrazone groups is 1. The predicted octanol–water partition coefficient (Wildman–Crippen LogP) is 5.33. The first-order valence-electron chi connectivity index (χ1n) is 9.28. The highest BCUT2D eigenvalue weighted by Crippen LogP contribution is 2.29. The van der Waals surface area contributed by atoms with Crippen molar-refractivity contribution in [2.75, 3.05) is 7.11 Å². The van der Waals surface area contributed by atoms with E-state index >= 15 is 0 Å². The Balaban J connectivity index is 1.70. The largest absolute Gasteiger partial charge is 0.496 e. The minimum absolute atomic E-state index is 0.340. The average molecular weight is 416 g/mol. The molecular formula is C24H18ClN3O2. The van der Waals surface area contributed by atoms with E-state index in [1.54, 1.807) is 25.5 Å². The van der Waals surface area contributed by atoms with Crippen LogP contribution in [0.4, 0.5) is 0 Å². The second kappa shape index (κ2) is 8.76. The van der Waals surface area contributed by atoms with E-state index in [0.717, 1.165) is 16.5 Å². The number of amides is 1. The molecule has 0 bridgehead atoms. The van der Waals surface area contributed by atoms with Gasteiger partial charge in [-0.15, -0.1) is 0 Å². The number of halogens is 1. The smallest absolute Gasteiger partial charge is 0.272 e. The van der Waals surface area contributed by atoms with Gasteiger partial charge in [-0.3, -0.25) is 4.79 Å². The second-order valence-corrected chi connectivity index (χ2v) is 6.90. The van der Waals surface area contributed by atoms with Gasteiger partial charge in [-0.1, -0.05) is 60.1 Å². The monoisotopic (exact) mass is 415 g/mol. The molecule has 0 atom stereocenters. The van der Waals surface area contributed by atoms with E-state index < -0.39 is 0 Å².